The summed E-state index contributed by atoms with van der Waals surface area (Å²) in [6, 6.07) is 17.3. The van der Waals surface area contributed by atoms with Gasteiger partial charge in [0.05, 0.1) is 0 Å². The first-order valence-corrected chi connectivity index (χ1v) is 4.63. The van der Waals surface area contributed by atoms with Crippen LogP contribution in [0.1, 0.15) is 12.8 Å². The monoisotopic (exact) mass is 168 g/mol. The second-order valence-electron chi connectivity index (χ2n) is 3.14. The van der Waals surface area contributed by atoms with Gasteiger partial charge < -0.3 is 0 Å². The van der Waals surface area contributed by atoms with Crippen molar-refractivity contribution in [1.29, 1.82) is 0 Å². The molecule has 0 amide bonds. The minimum Gasteiger partial charge on any atom is -0.0616 e. The average Bonchev–Trinajstić information content (AvgIpc) is 3.05. The Morgan fingerprint density at radius 1 is 0.923 bits per heavy atom. The summed E-state index contributed by atoms with van der Waals surface area (Å²) in [5.74, 6) is 0. The molecular formula is C13H12. The van der Waals surface area contributed by atoms with Crippen LogP contribution in [-0.4, -0.2) is 0 Å². The molecule has 0 aromatic heterocycles. The first-order chi connectivity index (χ1) is 6.47. The van der Waals surface area contributed by atoms with Gasteiger partial charge in [-0.1, -0.05) is 36.4 Å². The number of hydrogen-bond donors (Lipinski definition) is 0. The Kier molecular flexibility index (Phi) is 2.61. The van der Waals surface area contributed by atoms with E-state index in [2.05, 4.69) is 30.7 Å². The maximum atomic E-state index is 3.04. The highest BCUT2D eigenvalue weighted by atomic mass is 14.0. The number of rotatable bonds is 0. The van der Waals surface area contributed by atoms with E-state index in [0.717, 1.165) is 0 Å². The maximum Gasteiger partial charge on any atom is -0.0177 e. The van der Waals surface area contributed by atoms with E-state index in [0.29, 0.717) is 0 Å². The first kappa shape index (κ1) is 8.31. The fourth-order valence-corrected chi connectivity index (χ4v) is 1.07. The molecular weight excluding hydrogens is 156 g/mol. The van der Waals surface area contributed by atoms with Crippen molar-refractivity contribution in [3.05, 3.63) is 55.0 Å². The number of fused-ring (bicyclic) bond motifs is 1. The standard InChI is InChI=1S/C10H7.C3H5/c1-2-6-10-8-4-3-7-9(10)5-1;1-2-3-1/h1-3,5-8H;1H,2-3H2. The normalized spacial score (nSPS) is 13.2. The predicted octanol–water partition coefficient (Wildman–Crippen LogP) is 3.62. The van der Waals surface area contributed by atoms with Gasteiger partial charge in [0.15, 0.2) is 0 Å². The molecule has 64 valence electrons. The second kappa shape index (κ2) is 4.08. The van der Waals surface area contributed by atoms with Gasteiger partial charge in [0.25, 0.3) is 0 Å². The van der Waals surface area contributed by atoms with Crippen LogP contribution in [0.15, 0.2) is 42.5 Å². The van der Waals surface area contributed by atoms with E-state index in [1.165, 1.54) is 23.6 Å². The van der Waals surface area contributed by atoms with Gasteiger partial charge in [-0.05, 0) is 42.2 Å². The highest BCUT2D eigenvalue weighted by molar-refractivity contribution is 5.81. The van der Waals surface area contributed by atoms with Crippen LogP contribution in [0.25, 0.3) is 10.8 Å². The molecule has 2 aromatic rings. The van der Waals surface area contributed by atoms with E-state index >= 15 is 0 Å². The Morgan fingerprint density at radius 2 is 1.62 bits per heavy atom. The van der Waals surface area contributed by atoms with Gasteiger partial charge >= 0.3 is 0 Å². The lowest BCUT2D eigenvalue weighted by Gasteiger charge is -1.92. The van der Waals surface area contributed by atoms with E-state index in [1.807, 2.05) is 24.3 Å². The smallest absolute Gasteiger partial charge is 0.0177 e. The molecule has 0 aliphatic heterocycles. The van der Waals surface area contributed by atoms with Crippen molar-refractivity contribution in [2.75, 3.05) is 0 Å². The number of hydrogen-bond acceptors (Lipinski definition) is 0. The molecule has 0 saturated heterocycles. The maximum absolute atomic E-state index is 3.04. The quantitative estimate of drug-likeness (QED) is 0.563. The zero-order valence-electron chi connectivity index (χ0n) is 7.53. The number of benzene rings is 2. The van der Waals surface area contributed by atoms with E-state index in [1.54, 1.807) is 0 Å². The van der Waals surface area contributed by atoms with E-state index in [9.17, 15) is 0 Å². The van der Waals surface area contributed by atoms with E-state index < -0.39 is 0 Å². The molecule has 1 aliphatic rings. The van der Waals surface area contributed by atoms with Crippen LogP contribution in [0, 0.1) is 12.5 Å². The average molecular weight is 168 g/mol. The van der Waals surface area contributed by atoms with Crippen LogP contribution in [0.5, 0.6) is 0 Å². The van der Waals surface area contributed by atoms with Crippen LogP contribution in [0.4, 0.5) is 0 Å². The second-order valence-corrected chi connectivity index (χ2v) is 3.14. The fourth-order valence-electron chi connectivity index (χ4n) is 1.07. The summed E-state index contributed by atoms with van der Waals surface area (Å²) in [5.41, 5.74) is 0. The van der Waals surface area contributed by atoms with Crippen LogP contribution in [-0.2, 0) is 0 Å². The van der Waals surface area contributed by atoms with Gasteiger partial charge in [0.1, 0.15) is 0 Å². The van der Waals surface area contributed by atoms with Gasteiger partial charge in [-0.2, -0.15) is 0 Å². The molecule has 13 heavy (non-hydrogen) atoms. The molecule has 0 spiro atoms. The summed E-state index contributed by atoms with van der Waals surface area (Å²) < 4.78 is 0. The highest BCUT2D eigenvalue weighted by Gasteiger charge is 1.95. The van der Waals surface area contributed by atoms with Crippen molar-refractivity contribution in [3.8, 4) is 0 Å². The molecule has 3 rings (SSSR count). The molecule has 0 heteroatoms. The lowest BCUT2D eigenvalue weighted by atomic mass is 10.1. The fraction of sp³-hybridized carbons (Fsp3) is 0.154. The van der Waals surface area contributed by atoms with Gasteiger partial charge in [-0.15, -0.1) is 0 Å². The van der Waals surface area contributed by atoms with Gasteiger partial charge in [0, 0.05) is 0 Å². The summed E-state index contributed by atoms with van der Waals surface area (Å²) in [6.07, 6.45) is 5.00. The zero-order valence-corrected chi connectivity index (χ0v) is 7.53. The summed E-state index contributed by atoms with van der Waals surface area (Å²) in [7, 11) is 0. The van der Waals surface area contributed by atoms with Crippen LogP contribution in [0.2, 0.25) is 0 Å². The molecule has 0 N–H and O–H groups in total. The van der Waals surface area contributed by atoms with Crippen molar-refractivity contribution in [1.82, 2.24) is 0 Å². The van der Waals surface area contributed by atoms with E-state index in [-0.39, 0.29) is 0 Å². The van der Waals surface area contributed by atoms with Crippen LogP contribution < -0.4 is 0 Å². The Bertz CT molecular complexity index is 306. The molecule has 0 nitrogen and oxygen atoms in total. The Morgan fingerprint density at radius 3 is 2.23 bits per heavy atom. The predicted molar refractivity (Wildman–Crippen MR) is 56.3 cm³/mol. The molecule has 2 aromatic carbocycles. The third-order valence-corrected chi connectivity index (χ3v) is 1.88. The third-order valence-electron chi connectivity index (χ3n) is 1.88. The molecule has 0 unspecified atom stereocenters. The summed E-state index contributed by atoms with van der Waals surface area (Å²) in [5, 5.41) is 2.53. The molecule has 1 aliphatic carbocycles. The zero-order chi connectivity index (χ0) is 8.93. The molecule has 1 saturated carbocycles. The Balaban J connectivity index is 0.000000185. The molecule has 0 heterocycles. The van der Waals surface area contributed by atoms with Crippen molar-refractivity contribution in [2.24, 2.45) is 0 Å². The minimum absolute atomic E-state index is 1.25. The van der Waals surface area contributed by atoms with Crippen LogP contribution >= 0.6 is 0 Å². The summed E-state index contributed by atoms with van der Waals surface area (Å²) in [6.45, 7) is 0. The van der Waals surface area contributed by atoms with Crippen molar-refractivity contribution in [2.45, 2.75) is 12.8 Å². The van der Waals surface area contributed by atoms with Crippen molar-refractivity contribution >= 4 is 10.8 Å². The summed E-state index contributed by atoms with van der Waals surface area (Å²) in [4.78, 5) is 0. The van der Waals surface area contributed by atoms with Crippen LogP contribution in [0.3, 0.4) is 0 Å². The molecule has 0 atom stereocenters. The van der Waals surface area contributed by atoms with Crippen molar-refractivity contribution < 1.29 is 0 Å². The topological polar surface area (TPSA) is 0 Å². The largest absolute Gasteiger partial charge is 0.0616 e. The van der Waals surface area contributed by atoms with E-state index in [4.69, 9.17) is 0 Å². The van der Waals surface area contributed by atoms with Gasteiger partial charge in [-0.3, -0.25) is 0 Å². The third kappa shape index (κ3) is 2.59. The Hall–Kier alpha value is -1.30. The lowest BCUT2D eigenvalue weighted by molar-refractivity contribution is 1.50. The molecule has 1 fully saturated rings. The lowest BCUT2D eigenvalue weighted by Crippen LogP contribution is -1.67. The summed E-state index contributed by atoms with van der Waals surface area (Å²) >= 11 is 0. The van der Waals surface area contributed by atoms with Gasteiger partial charge in [0.2, 0.25) is 0 Å². The van der Waals surface area contributed by atoms with Crippen molar-refractivity contribution in [3.63, 3.8) is 0 Å². The molecule has 2 radical (unpaired) electrons. The molecule has 0 bridgehead atoms. The van der Waals surface area contributed by atoms with Gasteiger partial charge in [-0.25, -0.2) is 0 Å². The SMILES string of the molecule is [CH]1CC1.[c]1ccc2ccccc2c1. The minimum atomic E-state index is 1.25. The Labute approximate surface area is 79.2 Å². The highest BCUT2D eigenvalue weighted by Crippen LogP contribution is 2.12. The first-order valence-electron chi connectivity index (χ1n) is 4.63.